The van der Waals surface area contributed by atoms with Crippen molar-refractivity contribution in [2.45, 2.75) is 11.3 Å². The first-order valence-corrected chi connectivity index (χ1v) is 10.6. The maximum atomic E-state index is 13.0. The van der Waals surface area contributed by atoms with Crippen LogP contribution in [0.1, 0.15) is 16.8 Å². The molecule has 29 heavy (non-hydrogen) atoms. The molecule has 0 spiro atoms. The van der Waals surface area contributed by atoms with Crippen molar-refractivity contribution in [2.75, 3.05) is 38.2 Å². The smallest absolute Gasteiger partial charge is 0.261 e. The average molecular weight is 445 g/mol. The summed E-state index contributed by atoms with van der Waals surface area (Å²) in [4.78, 5) is 12.2. The largest absolute Gasteiger partial charge is 0.382 e. The van der Waals surface area contributed by atoms with Gasteiger partial charge in [-0.1, -0.05) is 11.6 Å². The molecule has 158 valence electrons. The van der Waals surface area contributed by atoms with Crippen LogP contribution >= 0.6 is 11.6 Å². The van der Waals surface area contributed by atoms with Crippen molar-refractivity contribution in [1.82, 2.24) is 5.32 Å². The van der Waals surface area contributed by atoms with Crippen molar-refractivity contribution >= 4 is 33.2 Å². The molecule has 0 aliphatic rings. The van der Waals surface area contributed by atoms with Gasteiger partial charge in [-0.05, 0) is 48.9 Å². The van der Waals surface area contributed by atoms with Crippen molar-refractivity contribution in [1.29, 1.82) is 0 Å². The number of halogens is 2. The molecule has 0 aromatic heterocycles. The van der Waals surface area contributed by atoms with Gasteiger partial charge in [0.05, 0.1) is 28.8 Å². The Balaban J connectivity index is 1.98. The number of carbonyl (C=O) groups excluding carboxylic acids is 1. The third kappa shape index (κ3) is 7.28. The molecule has 0 saturated carbocycles. The summed E-state index contributed by atoms with van der Waals surface area (Å²) in [6.07, 6.45) is 0.618. The first-order chi connectivity index (χ1) is 13.8. The lowest BCUT2D eigenvalue weighted by Crippen LogP contribution is -2.25. The van der Waals surface area contributed by atoms with Gasteiger partial charge in [0, 0.05) is 25.8 Å². The molecule has 2 aromatic rings. The van der Waals surface area contributed by atoms with E-state index in [0.29, 0.717) is 32.8 Å². The molecule has 0 aliphatic heterocycles. The number of sulfonamides is 1. The van der Waals surface area contributed by atoms with Crippen LogP contribution in [0.3, 0.4) is 0 Å². The Morgan fingerprint density at radius 3 is 2.52 bits per heavy atom. The minimum atomic E-state index is -3.99. The molecule has 0 fully saturated rings. The summed E-state index contributed by atoms with van der Waals surface area (Å²) in [5, 5.41) is 2.85. The quantitative estimate of drug-likeness (QED) is 0.519. The number of anilines is 1. The summed E-state index contributed by atoms with van der Waals surface area (Å²) in [5.41, 5.74) is 0.290. The second-order valence-electron chi connectivity index (χ2n) is 5.97. The normalized spacial score (nSPS) is 11.3. The highest BCUT2D eigenvalue weighted by molar-refractivity contribution is 7.92. The molecule has 10 heteroatoms. The molecule has 0 saturated heterocycles. The van der Waals surface area contributed by atoms with Gasteiger partial charge < -0.3 is 14.8 Å². The molecule has 0 heterocycles. The van der Waals surface area contributed by atoms with E-state index in [1.807, 2.05) is 0 Å². The number of ether oxygens (including phenoxy) is 2. The molecule has 2 N–H and O–H groups in total. The minimum Gasteiger partial charge on any atom is -0.382 e. The van der Waals surface area contributed by atoms with Gasteiger partial charge in [0.1, 0.15) is 5.82 Å². The van der Waals surface area contributed by atoms with Crippen molar-refractivity contribution in [3.8, 4) is 0 Å². The van der Waals surface area contributed by atoms with Gasteiger partial charge in [0.25, 0.3) is 15.9 Å². The van der Waals surface area contributed by atoms with E-state index in [2.05, 4.69) is 10.0 Å². The van der Waals surface area contributed by atoms with Gasteiger partial charge in [0.15, 0.2) is 0 Å². The van der Waals surface area contributed by atoms with E-state index < -0.39 is 15.8 Å². The highest BCUT2D eigenvalue weighted by Crippen LogP contribution is 2.26. The Labute approximate surface area is 174 Å². The lowest BCUT2D eigenvalue weighted by molar-refractivity contribution is 0.0688. The van der Waals surface area contributed by atoms with Crippen molar-refractivity contribution < 1.29 is 27.1 Å². The molecular weight excluding hydrogens is 423 g/mol. The van der Waals surface area contributed by atoms with Crippen LogP contribution in [0, 0.1) is 5.82 Å². The summed E-state index contributed by atoms with van der Waals surface area (Å²) in [6.45, 7) is 1.87. The Kier molecular flexibility index (Phi) is 8.84. The van der Waals surface area contributed by atoms with Crippen LogP contribution < -0.4 is 10.0 Å². The van der Waals surface area contributed by atoms with Gasteiger partial charge in [-0.15, -0.1) is 0 Å². The van der Waals surface area contributed by atoms with Crippen LogP contribution in [0.5, 0.6) is 0 Å². The van der Waals surface area contributed by atoms with E-state index in [1.165, 1.54) is 18.2 Å². The monoisotopic (exact) mass is 444 g/mol. The fourth-order valence-corrected chi connectivity index (χ4v) is 3.58. The standard InChI is InChI=1S/C19H22ClFN2O5S/c1-27-11-12-28-10-2-9-22-19(24)14-3-8-17(20)18(13-14)23-29(25,26)16-6-4-15(21)5-7-16/h3-8,13,23H,2,9-12H2,1H3,(H,22,24). The summed E-state index contributed by atoms with van der Waals surface area (Å²) in [7, 11) is -2.40. The molecule has 0 radical (unpaired) electrons. The van der Waals surface area contributed by atoms with E-state index in [0.717, 1.165) is 24.3 Å². The zero-order valence-electron chi connectivity index (χ0n) is 15.8. The molecule has 0 atom stereocenters. The second kappa shape index (κ2) is 11.1. The van der Waals surface area contributed by atoms with E-state index in [1.54, 1.807) is 7.11 Å². The fraction of sp³-hybridized carbons (Fsp3) is 0.316. The van der Waals surface area contributed by atoms with E-state index >= 15 is 0 Å². The maximum Gasteiger partial charge on any atom is 0.261 e. The molecule has 2 rings (SSSR count). The molecular formula is C19H22ClFN2O5S. The van der Waals surface area contributed by atoms with Crippen LogP contribution in [0.25, 0.3) is 0 Å². The number of benzene rings is 2. The van der Waals surface area contributed by atoms with E-state index in [4.69, 9.17) is 21.1 Å². The first kappa shape index (κ1) is 23.1. The molecule has 7 nitrogen and oxygen atoms in total. The topological polar surface area (TPSA) is 93.7 Å². The number of amides is 1. The highest BCUT2D eigenvalue weighted by atomic mass is 35.5. The number of carbonyl (C=O) groups is 1. The number of rotatable bonds is 11. The van der Waals surface area contributed by atoms with Crippen LogP contribution in [0.15, 0.2) is 47.4 Å². The molecule has 0 aliphatic carbocycles. The van der Waals surface area contributed by atoms with Crippen LogP contribution in [-0.2, 0) is 19.5 Å². The number of nitrogens with one attached hydrogen (secondary N) is 2. The molecule has 0 unspecified atom stereocenters. The summed E-state index contributed by atoms with van der Waals surface area (Å²) in [5.74, 6) is -0.925. The zero-order chi connectivity index (χ0) is 21.3. The van der Waals surface area contributed by atoms with Gasteiger partial charge in [-0.3, -0.25) is 9.52 Å². The highest BCUT2D eigenvalue weighted by Gasteiger charge is 2.17. The van der Waals surface area contributed by atoms with Crippen LogP contribution in [0.2, 0.25) is 5.02 Å². The zero-order valence-corrected chi connectivity index (χ0v) is 17.4. The van der Waals surface area contributed by atoms with Crippen molar-refractivity contribution in [3.05, 3.63) is 58.9 Å². The first-order valence-electron chi connectivity index (χ1n) is 8.76. The third-order valence-corrected chi connectivity index (χ3v) is 5.49. The Bertz CT molecular complexity index is 923. The summed E-state index contributed by atoms with van der Waals surface area (Å²) >= 11 is 6.06. The van der Waals surface area contributed by atoms with E-state index in [9.17, 15) is 17.6 Å². The van der Waals surface area contributed by atoms with Gasteiger partial charge in [-0.25, -0.2) is 12.8 Å². The SMILES string of the molecule is COCCOCCCNC(=O)c1ccc(Cl)c(NS(=O)(=O)c2ccc(F)cc2)c1. The van der Waals surface area contributed by atoms with Gasteiger partial charge in [-0.2, -0.15) is 0 Å². The lowest BCUT2D eigenvalue weighted by atomic mass is 10.2. The molecule has 2 aromatic carbocycles. The lowest BCUT2D eigenvalue weighted by Gasteiger charge is -2.12. The average Bonchev–Trinajstić information content (AvgIpc) is 2.69. The number of hydrogen-bond donors (Lipinski definition) is 2. The van der Waals surface area contributed by atoms with Gasteiger partial charge >= 0.3 is 0 Å². The fourth-order valence-electron chi connectivity index (χ4n) is 2.28. The second-order valence-corrected chi connectivity index (χ2v) is 8.06. The summed E-state index contributed by atoms with van der Waals surface area (Å²) < 4.78 is 50.4. The third-order valence-electron chi connectivity index (χ3n) is 3.78. The van der Waals surface area contributed by atoms with Gasteiger partial charge in [0.2, 0.25) is 0 Å². The number of hydrogen-bond acceptors (Lipinski definition) is 5. The van der Waals surface area contributed by atoms with Crippen molar-refractivity contribution in [3.63, 3.8) is 0 Å². The Morgan fingerprint density at radius 2 is 1.83 bits per heavy atom. The van der Waals surface area contributed by atoms with Crippen molar-refractivity contribution in [2.24, 2.45) is 0 Å². The Morgan fingerprint density at radius 1 is 1.10 bits per heavy atom. The van der Waals surface area contributed by atoms with E-state index in [-0.39, 0.29) is 27.1 Å². The molecule has 1 amide bonds. The van der Waals surface area contributed by atoms with Crippen LogP contribution in [0.4, 0.5) is 10.1 Å². The number of methoxy groups -OCH3 is 1. The van der Waals surface area contributed by atoms with Crippen LogP contribution in [-0.4, -0.2) is 47.8 Å². The summed E-state index contributed by atoms with van der Waals surface area (Å²) in [6, 6.07) is 8.61. The maximum absolute atomic E-state index is 13.0. The predicted octanol–water partition coefficient (Wildman–Crippen LogP) is 3.06. The minimum absolute atomic E-state index is 0.0477. The predicted molar refractivity (Wildman–Crippen MR) is 108 cm³/mol. The molecule has 0 bridgehead atoms. The Hall–Kier alpha value is -2.20.